The number of methoxy groups -OCH3 is 1. The molecule has 2 heterocycles. The van der Waals surface area contributed by atoms with Gasteiger partial charge in [0.1, 0.15) is 0 Å². The average molecular weight is 305 g/mol. The van der Waals surface area contributed by atoms with Crippen LogP contribution >= 0.6 is 0 Å². The van der Waals surface area contributed by atoms with E-state index in [0.717, 1.165) is 11.1 Å². The van der Waals surface area contributed by atoms with E-state index in [-0.39, 0.29) is 5.56 Å². The molecule has 5 nitrogen and oxygen atoms in total. The highest BCUT2D eigenvalue weighted by atomic mass is 16.5. The third kappa shape index (κ3) is 3.44. The Morgan fingerprint density at radius 3 is 2.70 bits per heavy atom. The van der Waals surface area contributed by atoms with Gasteiger partial charge in [0, 0.05) is 30.6 Å². The van der Waals surface area contributed by atoms with E-state index in [1.807, 2.05) is 24.3 Å². The first kappa shape index (κ1) is 14.9. The molecule has 0 fully saturated rings. The summed E-state index contributed by atoms with van der Waals surface area (Å²) in [7, 11) is 1.60. The molecule has 2 aromatic heterocycles. The zero-order valence-electron chi connectivity index (χ0n) is 12.7. The number of nitrogens with zero attached hydrogens (tertiary/aromatic N) is 3. The van der Waals surface area contributed by atoms with Crippen LogP contribution in [0.25, 0.3) is 10.9 Å². The van der Waals surface area contributed by atoms with Crippen LogP contribution in [0.4, 0.5) is 0 Å². The number of hydrogen-bond acceptors (Lipinski definition) is 4. The summed E-state index contributed by atoms with van der Waals surface area (Å²) in [5.41, 5.74) is 2.28. The Morgan fingerprint density at radius 1 is 1.13 bits per heavy atom. The summed E-state index contributed by atoms with van der Waals surface area (Å²) in [5.74, 6) is 6.14. The molecule has 0 aliphatic heterocycles. The summed E-state index contributed by atoms with van der Waals surface area (Å²) < 4.78 is 6.55. The van der Waals surface area contributed by atoms with E-state index in [1.165, 1.54) is 0 Å². The van der Waals surface area contributed by atoms with Crippen LogP contribution in [0, 0.1) is 11.8 Å². The molecule has 0 bridgehead atoms. The Bertz CT molecular complexity index is 937. The van der Waals surface area contributed by atoms with E-state index in [2.05, 4.69) is 21.8 Å². The van der Waals surface area contributed by atoms with Crippen LogP contribution < -0.4 is 5.56 Å². The molecule has 0 saturated carbocycles. The topological polar surface area (TPSA) is 57.0 Å². The molecule has 0 amide bonds. The maximum atomic E-state index is 12.3. The van der Waals surface area contributed by atoms with Crippen LogP contribution in [-0.2, 0) is 11.3 Å². The Labute approximate surface area is 133 Å². The first-order valence-electron chi connectivity index (χ1n) is 7.18. The Morgan fingerprint density at radius 2 is 1.91 bits per heavy atom. The molecule has 0 atom stereocenters. The molecular weight excluding hydrogens is 290 g/mol. The van der Waals surface area contributed by atoms with Gasteiger partial charge in [-0.1, -0.05) is 11.8 Å². The molecule has 0 aliphatic carbocycles. The van der Waals surface area contributed by atoms with E-state index >= 15 is 0 Å². The number of benzene rings is 1. The number of ether oxygens (including phenoxy) is 1. The number of fused-ring (bicyclic) bond motifs is 1. The Hall–Kier alpha value is -2.97. The highest BCUT2D eigenvalue weighted by Crippen LogP contribution is 2.09. The SMILES string of the molecule is COCCn1cnc2cc(C#Cc3ccncc3)ccc2c1=O. The largest absolute Gasteiger partial charge is 0.383 e. The van der Waals surface area contributed by atoms with Gasteiger partial charge >= 0.3 is 0 Å². The second-order valence-corrected chi connectivity index (χ2v) is 4.95. The molecule has 114 valence electrons. The Kier molecular flexibility index (Phi) is 4.46. The zero-order valence-corrected chi connectivity index (χ0v) is 12.7. The van der Waals surface area contributed by atoms with Crippen LogP contribution in [0.2, 0.25) is 0 Å². The van der Waals surface area contributed by atoms with Gasteiger partial charge in [-0.05, 0) is 30.3 Å². The molecule has 0 N–H and O–H groups in total. The fourth-order valence-electron chi connectivity index (χ4n) is 2.16. The van der Waals surface area contributed by atoms with Gasteiger partial charge in [-0.25, -0.2) is 4.98 Å². The van der Waals surface area contributed by atoms with Gasteiger partial charge in [0.05, 0.1) is 30.4 Å². The van der Waals surface area contributed by atoms with Crippen molar-refractivity contribution in [1.29, 1.82) is 0 Å². The van der Waals surface area contributed by atoms with Crippen LogP contribution in [0.15, 0.2) is 53.8 Å². The molecule has 23 heavy (non-hydrogen) atoms. The number of rotatable bonds is 3. The van der Waals surface area contributed by atoms with Crippen molar-refractivity contribution in [3.05, 3.63) is 70.5 Å². The third-order valence-corrected chi connectivity index (χ3v) is 3.39. The second kappa shape index (κ2) is 6.86. The zero-order chi connectivity index (χ0) is 16.1. The summed E-state index contributed by atoms with van der Waals surface area (Å²) >= 11 is 0. The highest BCUT2D eigenvalue weighted by molar-refractivity contribution is 5.79. The van der Waals surface area contributed by atoms with E-state index < -0.39 is 0 Å². The summed E-state index contributed by atoms with van der Waals surface area (Å²) in [5, 5.41) is 0.582. The first-order chi connectivity index (χ1) is 11.3. The normalized spacial score (nSPS) is 10.3. The predicted octanol–water partition coefficient (Wildman–Crippen LogP) is 1.84. The van der Waals surface area contributed by atoms with Gasteiger partial charge < -0.3 is 4.74 Å². The monoisotopic (exact) mass is 305 g/mol. The molecule has 0 saturated heterocycles. The molecule has 0 spiro atoms. The van der Waals surface area contributed by atoms with Crippen molar-refractivity contribution in [1.82, 2.24) is 14.5 Å². The van der Waals surface area contributed by atoms with Crippen molar-refractivity contribution in [3.63, 3.8) is 0 Å². The van der Waals surface area contributed by atoms with Crippen molar-refractivity contribution >= 4 is 10.9 Å². The second-order valence-electron chi connectivity index (χ2n) is 4.95. The molecule has 0 aliphatic rings. The first-order valence-corrected chi connectivity index (χ1v) is 7.18. The molecule has 0 unspecified atom stereocenters. The van der Waals surface area contributed by atoms with E-state index in [4.69, 9.17) is 4.74 Å². The van der Waals surface area contributed by atoms with E-state index in [1.54, 1.807) is 36.5 Å². The number of hydrogen-bond donors (Lipinski definition) is 0. The molecule has 5 heteroatoms. The summed E-state index contributed by atoms with van der Waals surface area (Å²) in [6, 6.07) is 9.12. The lowest BCUT2D eigenvalue weighted by atomic mass is 10.1. The minimum atomic E-state index is -0.0688. The minimum Gasteiger partial charge on any atom is -0.383 e. The van der Waals surface area contributed by atoms with Gasteiger partial charge in [-0.3, -0.25) is 14.3 Å². The maximum Gasteiger partial charge on any atom is 0.261 e. The molecular formula is C18H15N3O2. The standard InChI is InChI=1S/C18H15N3O2/c1-23-11-10-21-13-20-17-12-15(4-5-16(17)18(21)22)3-2-14-6-8-19-9-7-14/h4-9,12-13H,10-11H2,1H3. The van der Waals surface area contributed by atoms with Crippen LogP contribution in [-0.4, -0.2) is 28.3 Å². The van der Waals surface area contributed by atoms with Gasteiger partial charge in [0.15, 0.2) is 0 Å². The lowest BCUT2D eigenvalue weighted by molar-refractivity contribution is 0.186. The molecule has 1 aromatic carbocycles. The Balaban J connectivity index is 1.94. The summed E-state index contributed by atoms with van der Waals surface area (Å²) in [6.45, 7) is 0.963. The highest BCUT2D eigenvalue weighted by Gasteiger charge is 2.04. The quantitative estimate of drug-likeness (QED) is 0.693. The third-order valence-electron chi connectivity index (χ3n) is 3.39. The van der Waals surface area contributed by atoms with Crippen molar-refractivity contribution in [2.75, 3.05) is 13.7 Å². The molecule has 0 radical (unpaired) electrons. The van der Waals surface area contributed by atoms with Crippen LogP contribution in [0.5, 0.6) is 0 Å². The van der Waals surface area contributed by atoms with Gasteiger partial charge in [0.2, 0.25) is 0 Å². The minimum absolute atomic E-state index is 0.0688. The number of pyridine rings is 1. The smallest absolute Gasteiger partial charge is 0.261 e. The van der Waals surface area contributed by atoms with Crippen molar-refractivity contribution in [2.45, 2.75) is 6.54 Å². The fraction of sp³-hybridized carbons (Fsp3) is 0.167. The lowest BCUT2D eigenvalue weighted by Gasteiger charge is -2.05. The fourth-order valence-corrected chi connectivity index (χ4v) is 2.16. The molecule has 3 rings (SSSR count). The van der Waals surface area contributed by atoms with E-state index in [9.17, 15) is 4.79 Å². The summed E-state index contributed by atoms with van der Waals surface area (Å²) in [6.07, 6.45) is 4.95. The number of aromatic nitrogens is 3. The van der Waals surface area contributed by atoms with Gasteiger partial charge in [-0.15, -0.1) is 0 Å². The maximum absolute atomic E-state index is 12.3. The van der Waals surface area contributed by atoms with Gasteiger partial charge in [0.25, 0.3) is 5.56 Å². The summed E-state index contributed by atoms with van der Waals surface area (Å²) in [4.78, 5) is 20.6. The lowest BCUT2D eigenvalue weighted by Crippen LogP contribution is -2.22. The van der Waals surface area contributed by atoms with Crippen molar-refractivity contribution in [2.24, 2.45) is 0 Å². The van der Waals surface area contributed by atoms with Gasteiger partial charge in [-0.2, -0.15) is 0 Å². The average Bonchev–Trinajstić information content (AvgIpc) is 2.60. The van der Waals surface area contributed by atoms with Crippen LogP contribution in [0.1, 0.15) is 11.1 Å². The molecule has 3 aromatic rings. The van der Waals surface area contributed by atoms with Crippen molar-refractivity contribution in [3.8, 4) is 11.8 Å². The predicted molar refractivity (Wildman–Crippen MR) is 88.1 cm³/mol. The van der Waals surface area contributed by atoms with E-state index in [0.29, 0.717) is 24.1 Å². The van der Waals surface area contributed by atoms with Crippen molar-refractivity contribution < 1.29 is 4.74 Å². The van der Waals surface area contributed by atoms with Crippen LogP contribution in [0.3, 0.4) is 0 Å².